The summed E-state index contributed by atoms with van der Waals surface area (Å²) in [6.07, 6.45) is 2.12. The second-order valence-corrected chi connectivity index (χ2v) is 27.8. The quantitative estimate of drug-likeness (QED) is 0.122. The Morgan fingerprint density at radius 2 is 1.75 bits per heavy atom. The standard InChI is InChI=1S/C37H56ClFN4O6Si2/c1-37(2,3)51(8,9)49-30-21-47-32-29(20-46-33(30)32)48-36-41-28-19-25(38)34(42-35(28)43(36)22-45-15-16-50(5,6)7)40-27-13-12-24-17-23(11-10-14-44-4)18-26(39)31(24)27/h17-19,27,29-30,32-33H,10-16,20-22H2,1-9H3,(H,40,42)/t27-,29+,30?,32+,33+/m0/s1. The fraction of sp³-hybridized carbons (Fsp3) is 0.676. The van der Waals surface area contributed by atoms with Gasteiger partial charge in [-0.15, -0.1) is 0 Å². The van der Waals surface area contributed by atoms with E-state index in [0.717, 1.165) is 42.9 Å². The number of ether oxygens (including phenoxy) is 5. The van der Waals surface area contributed by atoms with Crippen molar-refractivity contribution < 1.29 is 32.5 Å². The minimum atomic E-state index is -2.03. The second-order valence-electron chi connectivity index (χ2n) is 17.0. The minimum absolute atomic E-state index is 0.0742. The van der Waals surface area contributed by atoms with E-state index in [4.69, 9.17) is 49.7 Å². The fourth-order valence-corrected chi connectivity index (χ4v) is 9.09. The van der Waals surface area contributed by atoms with E-state index in [1.165, 1.54) is 0 Å². The average molecular weight is 763 g/mol. The van der Waals surface area contributed by atoms with E-state index in [-0.39, 0.29) is 48.0 Å². The maximum absolute atomic E-state index is 15.5. The lowest BCUT2D eigenvalue weighted by Gasteiger charge is -2.39. The third kappa shape index (κ3) is 8.67. The fourth-order valence-electron chi connectivity index (χ4n) is 6.82. The molecule has 1 aliphatic carbocycles. The molecule has 10 nitrogen and oxygen atoms in total. The highest BCUT2D eigenvalue weighted by atomic mass is 35.5. The monoisotopic (exact) mass is 762 g/mol. The molecule has 0 saturated carbocycles. The molecule has 1 N–H and O–H groups in total. The summed E-state index contributed by atoms with van der Waals surface area (Å²) < 4.78 is 54.6. The number of hydrogen-bond acceptors (Lipinski definition) is 9. The molecule has 2 aromatic heterocycles. The van der Waals surface area contributed by atoms with Crippen LogP contribution in [0.3, 0.4) is 0 Å². The third-order valence-corrected chi connectivity index (χ3v) is 17.3. The summed E-state index contributed by atoms with van der Waals surface area (Å²) in [5, 5.41) is 3.93. The van der Waals surface area contributed by atoms with Gasteiger partial charge < -0.3 is 33.4 Å². The molecule has 6 rings (SSSR count). The summed E-state index contributed by atoms with van der Waals surface area (Å²) >= 11 is 6.83. The van der Waals surface area contributed by atoms with Crippen LogP contribution in [-0.4, -0.2) is 88.9 Å². The van der Waals surface area contributed by atoms with Crippen molar-refractivity contribution in [2.45, 2.75) is 127 Å². The van der Waals surface area contributed by atoms with E-state index < -0.39 is 16.4 Å². The Morgan fingerprint density at radius 1 is 1.02 bits per heavy atom. The van der Waals surface area contributed by atoms with Crippen LogP contribution in [-0.2, 0) is 42.9 Å². The number of aromatic nitrogens is 3. The maximum Gasteiger partial charge on any atom is 0.301 e. The van der Waals surface area contributed by atoms with Gasteiger partial charge in [-0.25, -0.2) is 9.37 Å². The van der Waals surface area contributed by atoms with Crippen molar-refractivity contribution in [3.8, 4) is 6.01 Å². The van der Waals surface area contributed by atoms with E-state index in [2.05, 4.69) is 64.9 Å². The zero-order valence-electron chi connectivity index (χ0n) is 31.7. The first kappa shape index (κ1) is 38.6. The number of methoxy groups -OCH3 is 1. The van der Waals surface area contributed by atoms with E-state index in [0.29, 0.717) is 60.0 Å². The van der Waals surface area contributed by atoms with Crippen molar-refractivity contribution in [3.05, 3.63) is 45.7 Å². The van der Waals surface area contributed by atoms with Crippen molar-refractivity contribution >= 4 is 45.0 Å². The van der Waals surface area contributed by atoms with Crippen molar-refractivity contribution in [2.24, 2.45) is 0 Å². The molecule has 0 spiro atoms. The zero-order chi connectivity index (χ0) is 36.7. The molecule has 3 aromatic rings. The van der Waals surface area contributed by atoms with E-state index >= 15 is 4.39 Å². The van der Waals surface area contributed by atoms with Gasteiger partial charge in [-0.05, 0) is 73.1 Å². The SMILES string of the molecule is COCCCc1cc(F)c2c(c1)CC[C@@H]2Nc1nc2c(cc1Cl)nc(O[C@@H]1CO[C@@H]3C(O[Si](C)(C)C(C)(C)C)CO[C@@H]31)n2COCC[Si](C)(C)C. The summed E-state index contributed by atoms with van der Waals surface area (Å²) in [5.74, 6) is 0.265. The van der Waals surface area contributed by atoms with Crippen molar-refractivity contribution in [1.82, 2.24) is 14.5 Å². The number of nitrogens with zero attached hydrogens (tertiary/aromatic N) is 3. The predicted molar refractivity (Wildman–Crippen MR) is 204 cm³/mol. The lowest BCUT2D eigenvalue weighted by molar-refractivity contribution is 0.00687. The van der Waals surface area contributed by atoms with Gasteiger partial charge in [0.25, 0.3) is 0 Å². The first-order chi connectivity index (χ1) is 24.0. The second kappa shape index (κ2) is 15.3. The summed E-state index contributed by atoms with van der Waals surface area (Å²) in [5.41, 5.74) is 3.84. The van der Waals surface area contributed by atoms with Gasteiger partial charge in [0.15, 0.2) is 20.1 Å². The van der Waals surface area contributed by atoms with Crippen LogP contribution in [0.25, 0.3) is 11.2 Å². The largest absolute Gasteiger partial charge is 0.456 e. The molecule has 0 bridgehead atoms. The molecule has 1 unspecified atom stereocenters. The lowest BCUT2D eigenvalue weighted by Crippen LogP contribution is -2.47. The number of anilines is 1. The molecular weight excluding hydrogens is 707 g/mol. The number of halogens is 2. The van der Waals surface area contributed by atoms with E-state index in [1.807, 2.05) is 4.57 Å². The maximum atomic E-state index is 15.5. The molecule has 4 heterocycles. The highest BCUT2D eigenvalue weighted by Gasteiger charge is 2.52. The van der Waals surface area contributed by atoms with Crippen LogP contribution < -0.4 is 10.1 Å². The summed E-state index contributed by atoms with van der Waals surface area (Å²) in [7, 11) is -1.66. The highest BCUT2D eigenvalue weighted by molar-refractivity contribution is 6.76. The summed E-state index contributed by atoms with van der Waals surface area (Å²) in [6, 6.07) is 6.68. The molecule has 2 aliphatic heterocycles. The van der Waals surface area contributed by atoms with Gasteiger partial charge in [0.05, 0.1) is 30.4 Å². The number of hydrogen-bond donors (Lipinski definition) is 1. The Morgan fingerprint density at radius 3 is 2.45 bits per heavy atom. The van der Waals surface area contributed by atoms with Gasteiger partial charge in [-0.2, -0.15) is 4.98 Å². The molecule has 1 aromatic carbocycles. The Labute approximate surface area is 309 Å². The number of nitrogens with one attached hydrogen (secondary N) is 1. The minimum Gasteiger partial charge on any atom is -0.456 e. The average Bonchev–Trinajstić information content (AvgIpc) is 3.80. The number of benzene rings is 1. The molecular formula is C37H56ClFN4O6Si2. The number of imidazole rings is 1. The summed E-state index contributed by atoms with van der Waals surface area (Å²) in [4.78, 5) is 9.81. The Balaban J connectivity index is 1.23. The zero-order valence-corrected chi connectivity index (χ0v) is 34.5. The Bertz CT molecular complexity index is 1700. The van der Waals surface area contributed by atoms with Crippen LogP contribution >= 0.6 is 11.6 Å². The smallest absolute Gasteiger partial charge is 0.301 e. The van der Waals surface area contributed by atoms with E-state index in [1.54, 1.807) is 19.2 Å². The first-order valence-electron chi connectivity index (χ1n) is 18.3. The Kier molecular flexibility index (Phi) is 11.6. The highest BCUT2D eigenvalue weighted by Crippen LogP contribution is 2.42. The summed E-state index contributed by atoms with van der Waals surface area (Å²) in [6.45, 7) is 20.5. The molecule has 2 fully saturated rings. The number of pyridine rings is 1. The third-order valence-electron chi connectivity index (χ3n) is 10.8. The number of fused-ring (bicyclic) bond motifs is 3. The van der Waals surface area contributed by atoms with E-state index in [9.17, 15) is 0 Å². The van der Waals surface area contributed by atoms with Crippen LogP contribution in [0.1, 0.15) is 56.3 Å². The normalized spacial score (nSPS) is 23.6. The molecule has 5 atom stereocenters. The van der Waals surface area contributed by atoms with Gasteiger partial charge in [-0.1, -0.05) is 58.1 Å². The topological polar surface area (TPSA) is 98.1 Å². The van der Waals surface area contributed by atoms with Gasteiger partial charge in [0.1, 0.15) is 36.1 Å². The molecule has 0 amide bonds. The predicted octanol–water partition coefficient (Wildman–Crippen LogP) is 8.15. The van der Waals surface area contributed by atoms with Gasteiger partial charge in [-0.3, -0.25) is 4.57 Å². The van der Waals surface area contributed by atoms with Gasteiger partial charge in [0.2, 0.25) is 0 Å². The molecule has 14 heteroatoms. The van der Waals surface area contributed by atoms with Crippen LogP contribution in [0.5, 0.6) is 6.01 Å². The van der Waals surface area contributed by atoms with Crippen molar-refractivity contribution in [3.63, 3.8) is 0 Å². The molecule has 2 saturated heterocycles. The van der Waals surface area contributed by atoms with Crippen LogP contribution in [0.2, 0.25) is 48.8 Å². The van der Waals surface area contributed by atoms with Gasteiger partial charge >= 0.3 is 6.01 Å². The van der Waals surface area contributed by atoms with Crippen LogP contribution in [0.4, 0.5) is 10.2 Å². The lowest BCUT2D eigenvalue weighted by atomic mass is 10.0. The number of aryl methyl sites for hydroxylation is 2. The number of rotatable bonds is 15. The van der Waals surface area contributed by atoms with Crippen LogP contribution in [0, 0.1) is 5.82 Å². The van der Waals surface area contributed by atoms with Crippen LogP contribution in [0.15, 0.2) is 18.2 Å². The van der Waals surface area contributed by atoms with Crippen molar-refractivity contribution in [2.75, 3.05) is 38.9 Å². The molecule has 3 aliphatic rings. The van der Waals surface area contributed by atoms with Crippen molar-refractivity contribution in [1.29, 1.82) is 0 Å². The molecule has 51 heavy (non-hydrogen) atoms. The van der Waals surface area contributed by atoms with Gasteiger partial charge in [0, 0.05) is 34.0 Å². The molecule has 282 valence electrons. The Hall–Kier alpha value is -2.11. The first-order valence-corrected chi connectivity index (χ1v) is 25.3. The molecule has 0 radical (unpaired) electrons.